The fraction of sp³-hybridized carbons (Fsp3) is 0.571. The SMILES string of the molecule is CCOC(C(N)Cc1ccc(F)cc1Cl)C1CC1. The fourth-order valence-electron chi connectivity index (χ4n) is 2.28. The van der Waals surface area contributed by atoms with Gasteiger partial charge in [0.15, 0.2) is 0 Å². The maximum absolute atomic E-state index is 13.0. The summed E-state index contributed by atoms with van der Waals surface area (Å²) in [6, 6.07) is 4.37. The van der Waals surface area contributed by atoms with Crippen molar-refractivity contribution in [2.24, 2.45) is 11.7 Å². The molecule has 0 saturated heterocycles. The van der Waals surface area contributed by atoms with Gasteiger partial charge in [-0.3, -0.25) is 0 Å². The zero-order valence-electron chi connectivity index (χ0n) is 10.5. The highest BCUT2D eigenvalue weighted by Gasteiger charge is 2.35. The van der Waals surface area contributed by atoms with Gasteiger partial charge in [-0.1, -0.05) is 17.7 Å². The fourth-order valence-corrected chi connectivity index (χ4v) is 2.53. The van der Waals surface area contributed by atoms with Crippen molar-refractivity contribution in [3.63, 3.8) is 0 Å². The molecule has 2 nitrogen and oxygen atoms in total. The van der Waals surface area contributed by atoms with Crippen molar-refractivity contribution in [3.05, 3.63) is 34.6 Å². The summed E-state index contributed by atoms with van der Waals surface area (Å²) in [4.78, 5) is 0. The Morgan fingerprint density at radius 1 is 1.50 bits per heavy atom. The van der Waals surface area contributed by atoms with Gasteiger partial charge in [0.25, 0.3) is 0 Å². The number of ether oxygens (including phenoxy) is 1. The van der Waals surface area contributed by atoms with Gasteiger partial charge in [-0.25, -0.2) is 4.39 Å². The molecule has 2 N–H and O–H groups in total. The predicted octanol–water partition coefficient (Wildman–Crippen LogP) is 3.16. The van der Waals surface area contributed by atoms with Gasteiger partial charge < -0.3 is 10.5 Å². The predicted molar refractivity (Wildman–Crippen MR) is 71.2 cm³/mol. The third-order valence-electron chi connectivity index (χ3n) is 3.34. The third-order valence-corrected chi connectivity index (χ3v) is 3.69. The van der Waals surface area contributed by atoms with Crippen LogP contribution in [0.5, 0.6) is 0 Å². The molecule has 1 aliphatic carbocycles. The number of hydrogen-bond acceptors (Lipinski definition) is 2. The molecule has 0 spiro atoms. The number of rotatable bonds is 6. The van der Waals surface area contributed by atoms with E-state index in [1.807, 2.05) is 6.92 Å². The Bertz CT molecular complexity index is 409. The summed E-state index contributed by atoms with van der Waals surface area (Å²) in [7, 11) is 0. The summed E-state index contributed by atoms with van der Waals surface area (Å²) in [5.41, 5.74) is 7.09. The van der Waals surface area contributed by atoms with Gasteiger partial charge in [0.05, 0.1) is 6.10 Å². The summed E-state index contributed by atoms with van der Waals surface area (Å²) in [5.74, 6) is 0.264. The molecule has 1 fully saturated rings. The Kier molecular flexibility index (Phi) is 4.60. The molecular formula is C14H19ClFNO. The summed E-state index contributed by atoms with van der Waals surface area (Å²) < 4.78 is 18.7. The zero-order valence-corrected chi connectivity index (χ0v) is 11.3. The maximum Gasteiger partial charge on any atom is 0.124 e. The molecule has 0 aliphatic heterocycles. The molecule has 18 heavy (non-hydrogen) atoms. The largest absolute Gasteiger partial charge is 0.377 e. The number of halogens is 2. The first-order chi connectivity index (χ1) is 8.61. The van der Waals surface area contributed by atoms with Crippen LogP contribution in [0.15, 0.2) is 18.2 Å². The number of hydrogen-bond donors (Lipinski definition) is 1. The first-order valence-corrected chi connectivity index (χ1v) is 6.80. The van der Waals surface area contributed by atoms with Crippen LogP contribution in [-0.4, -0.2) is 18.8 Å². The average Bonchev–Trinajstić information content (AvgIpc) is 3.13. The van der Waals surface area contributed by atoms with Crippen LogP contribution >= 0.6 is 11.6 Å². The smallest absolute Gasteiger partial charge is 0.124 e. The van der Waals surface area contributed by atoms with E-state index in [0.29, 0.717) is 24.0 Å². The van der Waals surface area contributed by atoms with Crippen LogP contribution in [0, 0.1) is 11.7 Å². The van der Waals surface area contributed by atoms with Crippen LogP contribution < -0.4 is 5.73 Å². The van der Waals surface area contributed by atoms with Gasteiger partial charge in [0.1, 0.15) is 5.82 Å². The van der Waals surface area contributed by atoms with E-state index >= 15 is 0 Å². The monoisotopic (exact) mass is 271 g/mol. The minimum absolute atomic E-state index is 0.0830. The first kappa shape index (κ1) is 13.8. The highest BCUT2D eigenvalue weighted by molar-refractivity contribution is 6.31. The van der Waals surface area contributed by atoms with Crippen LogP contribution in [0.2, 0.25) is 5.02 Å². The molecule has 2 rings (SSSR count). The maximum atomic E-state index is 13.0. The van der Waals surface area contributed by atoms with Crippen LogP contribution in [0.3, 0.4) is 0 Å². The van der Waals surface area contributed by atoms with Crippen LogP contribution in [0.25, 0.3) is 0 Å². The Labute approximate surface area is 112 Å². The summed E-state index contributed by atoms with van der Waals surface area (Å²) in [5, 5.41) is 0.441. The van der Waals surface area contributed by atoms with Crippen molar-refractivity contribution < 1.29 is 9.13 Å². The molecule has 0 bridgehead atoms. The highest BCUT2D eigenvalue weighted by atomic mass is 35.5. The molecular weight excluding hydrogens is 253 g/mol. The number of nitrogens with two attached hydrogens (primary N) is 1. The molecule has 0 amide bonds. The lowest BCUT2D eigenvalue weighted by molar-refractivity contribution is 0.0288. The van der Waals surface area contributed by atoms with Crippen molar-refractivity contribution in [3.8, 4) is 0 Å². The van der Waals surface area contributed by atoms with Crippen molar-refractivity contribution in [1.29, 1.82) is 0 Å². The lowest BCUT2D eigenvalue weighted by Gasteiger charge is -2.24. The van der Waals surface area contributed by atoms with E-state index in [2.05, 4.69) is 0 Å². The highest BCUT2D eigenvalue weighted by Crippen LogP contribution is 2.36. The Morgan fingerprint density at radius 2 is 2.22 bits per heavy atom. The van der Waals surface area contributed by atoms with Crippen molar-refractivity contribution >= 4 is 11.6 Å². The molecule has 1 aliphatic rings. The van der Waals surface area contributed by atoms with Gasteiger partial charge in [0, 0.05) is 17.7 Å². The van der Waals surface area contributed by atoms with E-state index in [4.69, 9.17) is 22.1 Å². The molecule has 100 valence electrons. The van der Waals surface area contributed by atoms with Crippen molar-refractivity contribution in [1.82, 2.24) is 0 Å². The van der Waals surface area contributed by atoms with Gasteiger partial charge in [0.2, 0.25) is 0 Å². The molecule has 0 radical (unpaired) electrons. The van der Waals surface area contributed by atoms with E-state index in [9.17, 15) is 4.39 Å². The molecule has 2 unspecified atom stereocenters. The van der Waals surface area contributed by atoms with Gasteiger partial charge in [-0.2, -0.15) is 0 Å². The molecule has 1 saturated carbocycles. The minimum atomic E-state index is -0.319. The van der Waals surface area contributed by atoms with Crippen molar-refractivity contribution in [2.45, 2.75) is 38.3 Å². The first-order valence-electron chi connectivity index (χ1n) is 6.43. The molecule has 0 aromatic heterocycles. The second kappa shape index (κ2) is 6.00. The normalized spacial score (nSPS) is 18.7. The molecule has 2 atom stereocenters. The van der Waals surface area contributed by atoms with Crippen LogP contribution in [-0.2, 0) is 11.2 Å². The summed E-state index contributed by atoms with van der Waals surface area (Å²) in [6.07, 6.45) is 3.10. The Balaban J connectivity index is 2.02. The van der Waals surface area contributed by atoms with Gasteiger partial charge in [-0.15, -0.1) is 0 Å². The standard InChI is InChI=1S/C14H19ClFNO/c1-2-18-14(9-3-4-9)13(17)7-10-5-6-11(16)8-12(10)15/h5-6,8-9,13-14H,2-4,7,17H2,1H3. The Hall–Kier alpha value is -0.640. The summed E-state index contributed by atoms with van der Waals surface area (Å²) >= 11 is 6.01. The lowest BCUT2D eigenvalue weighted by Crippen LogP contribution is -2.40. The average molecular weight is 272 g/mol. The molecule has 1 aromatic rings. The van der Waals surface area contributed by atoms with E-state index in [1.165, 1.54) is 25.0 Å². The lowest BCUT2D eigenvalue weighted by atomic mass is 9.99. The topological polar surface area (TPSA) is 35.2 Å². The zero-order chi connectivity index (χ0) is 13.1. The molecule has 1 aromatic carbocycles. The van der Waals surface area contributed by atoms with Crippen LogP contribution in [0.1, 0.15) is 25.3 Å². The van der Waals surface area contributed by atoms with E-state index in [0.717, 1.165) is 5.56 Å². The van der Waals surface area contributed by atoms with Crippen LogP contribution in [0.4, 0.5) is 4.39 Å². The van der Waals surface area contributed by atoms with E-state index in [-0.39, 0.29) is 18.0 Å². The van der Waals surface area contributed by atoms with Gasteiger partial charge in [-0.05, 0) is 49.8 Å². The second-order valence-corrected chi connectivity index (χ2v) is 5.27. The summed E-state index contributed by atoms with van der Waals surface area (Å²) in [6.45, 7) is 2.65. The molecule has 0 heterocycles. The minimum Gasteiger partial charge on any atom is -0.377 e. The van der Waals surface area contributed by atoms with Gasteiger partial charge >= 0.3 is 0 Å². The molecule has 4 heteroatoms. The third kappa shape index (κ3) is 3.44. The number of benzene rings is 1. The van der Waals surface area contributed by atoms with Crippen molar-refractivity contribution in [2.75, 3.05) is 6.61 Å². The second-order valence-electron chi connectivity index (χ2n) is 4.86. The van der Waals surface area contributed by atoms with E-state index < -0.39 is 0 Å². The quantitative estimate of drug-likeness (QED) is 0.863. The Morgan fingerprint density at radius 3 is 2.78 bits per heavy atom. The van der Waals surface area contributed by atoms with E-state index in [1.54, 1.807) is 6.07 Å².